The number of allylic oxidation sites excluding steroid dienone is 1. The summed E-state index contributed by atoms with van der Waals surface area (Å²) < 4.78 is 74.0. The Morgan fingerprint density at radius 1 is 1.04 bits per heavy atom. The van der Waals surface area contributed by atoms with Crippen LogP contribution in [0.4, 0.5) is 27.6 Å². The standard InChI is InChI=1S/C19H12F5NO3/c1-3-5-9-6-4-7-10-17(9)28-8(2)18(26)25(10)19(27)11-12(20)14(22)16(24)15(23)13(11)21/h3-8H,1-2H3. The molecule has 1 aliphatic heterocycles. The normalized spacial score (nSPS) is 16.3. The summed E-state index contributed by atoms with van der Waals surface area (Å²) in [5.41, 5.74) is -1.44. The van der Waals surface area contributed by atoms with E-state index >= 15 is 0 Å². The number of ether oxygens (including phenoxy) is 1. The van der Waals surface area contributed by atoms with E-state index in [1.165, 1.54) is 19.1 Å². The molecule has 0 saturated carbocycles. The molecule has 1 aliphatic rings. The minimum absolute atomic E-state index is 0.0601. The van der Waals surface area contributed by atoms with Crippen molar-refractivity contribution in [2.75, 3.05) is 4.90 Å². The maximum Gasteiger partial charge on any atom is 0.274 e. The van der Waals surface area contributed by atoms with Gasteiger partial charge in [-0.25, -0.2) is 26.9 Å². The fourth-order valence-electron chi connectivity index (χ4n) is 2.80. The molecule has 0 saturated heterocycles. The van der Waals surface area contributed by atoms with Gasteiger partial charge >= 0.3 is 0 Å². The van der Waals surface area contributed by atoms with Crippen molar-refractivity contribution in [3.05, 3.63) is 64.5 Å². The van der Waals surface area contributed by atoms with Crippen molar-refractivity contribution in [2.24, 2.45) is 0 Å². The van der Waals surface area contributed by atoms with Gasteiger partial charge in [-0.2, -0.15) is 0 Å². The van der Waals surface area contributed by atoms with Gasteiger partial charge in [-0.1, -0.05) is 24.3 Å². The van der Waals surface area contributed by atoms with Crippen molar-refractivity contribution in [3.63, 3.8) is 0 Å². The third-order valence-electron chi connectivity index (χ3n) is 4.10. The summed E-state index contributed by atoms with van der Waals surface area (Å²) in [4.78, 5) is 25.6. The molecule has 3 rings (SSSR count). The van der Waals surface area contributed by atoms with E-state index in [0.717, 1.165) is 0 Å². The van der Waals surface area contributed by atoms with Crippen molar-refractivity contribution in [3.8, 4) is 5.75 Å². The molecule has 2 aromatic rings. The maximum atomic E-state index is 14.1. The fourth-order valence-corrected chi connectivity index (χ4v) is 2.80. The Kier molecular flexibility index (Phi) is 4.93. The van der Waals surface area contributed by atoms with Crippen molar-refractivity contribution < 1.29 is 36.3 Å². The lowest BCUT2D eigenvalue weighted by molar-refractivity contribution is -0.124. The van der Waals surface area contributed by atoms with Gasteiger partial charge in [0.2, 0.25) is 5.82 Å². The van der Waals surface area contributed by atoms with Crippen LogP contribution in [-0.2, 0) is 4.79 Å². The molecule has 0 N–H and O–H groups in total. The number of hydrogen-bond acceptors (Lipinski definition) is 3. The highest BCUT2D eigenvalue weighted by Crippen LogP contribution is 2.39. The summed E-state index contributed by atoms with van der Waals surface area (Å²) in [6.45, 7) is 2.99. The first kappa shape index (κ1) is 19.5. The number of rotatable bonds is 2. The number of hydrogen-bond donors (Lipinski definition) is 0. The molecule has 2 amide bonds. The van der Waals surface area contributed by atoms with Gasteiger partial charge in [-0.05, 0) is 19.9 Å². The molecule has 9 heteroatoms. The average molecular weight is 397 g/mol. The summed E-state index contributed by atoms with van der Waals surface area (Å²) in [6.07, 6.45) is 2.02. The summed E-state index contributed by atoms with van der Waals surface area (Å²) in [5.74, 6) is -14.2. The largest absolute Gasteiger partial charge is 0.478 e. The number of anilines is 1. The van der Waals surface area contributed by atoms with E-state index in [0.29, 0.717) is 10.5 Å². The third kappa shape index (κ3) is 2.83. The van der Waals surface area contributed by atoms with Gasteiger partial charge < -0.3 is 4.74 Å². The summed E-state index contributed by atoms with van der Waals surface area (Å²) in [7, 11) is 0. The van der Waals surface area contributed by atoms with Crippen LogP contribution in [0.1, 0.15) is 29.8 Å². The second-order valence-electron chi connectivity index (χ2n) is 5.88. The molecule has 0 spiro atoms. The lowest BCUT2D eigenvalue weighted by Crippen LogP contribution is -2.48. The Balaban J connectivity index is 2.24. The molecular formula is C19H12F5NO3. The van der Waals surface area contributed by atoms with Gasteiger partial charge in [0.15, 0.2) is 35.1 Å². The number of carbonyl (C=O) groups is 2. The minimum atomic E-state index is -2.40. The summed E-state index contributed by atoms with van der Waals surface area (Å²) >= 11 is 0. The van der Waals surface area contributed by atoms with Gasteiger partial charge in [-0.3, -0.25) is 9.59 Å². The highest BCUT2D eigenvalue weighted by molar-refractivity contribution is 6.24. The molecule has 0 radical (unpaired) electrons. The van der Waals surface area contributed by atoms with E-state index in [2.05, 4.69) is 0 Å². The Morgan fingerprint density at radius 2 is 1.61 bits per heavy atom. The van der Waals surface area contributed by atoms with Crippen molar-refractivity contribution in [2.45, 2.75) is 20.0 Å². The summed E-state index contributed by atoms with van der Waals surface area (Å²) in [6, 6.07) is 4.30. The second kappa shape index (κ2) is 7.06. The van der Waals surface area contributed by atoms with Gasteiger partial charge in [0.05, 0.1) is 5.69 Å². The molecule has 1 atom stereocenters. The number of imide groups is 1. The Morgan fingerprint density at radius 3 is 2.18 bits per heavy atom. The lowest BCUT2D eigenvalue weighted by atomic mass is 10.1. The molecule has 28 heavy (non-hydrogen) atoms. The van der Waals surface area contributed by atoms with E-state index in [9.17, 15) is 31.5 Å². The van der Waals surface area contributed by atoms with Crippen molar-refractivity contribution >= 4 is 23.6 Å². The van der Waals surface area contributed by atoms with Crippen LogP contribution in [-0.4, -0.2) is 17.9 Å². The van der Waals surface area contributed by atoms with Crippen LogP contribution in [0.15, 0.2) is 24.3 Å². The number of fused-ring (bicyclic) bond motifs is 1. The number of halogens is 5. The van der Waals surface area contributed by atoms with Crippen LogP contribution in [0.2, 0.25) is 0 Å². The van der Waals surface area contributed by atoms with E-state index in [1.807, 2.05) is 0 Å². The Bertz CT molecular complexity index is 1010. The highest BCUT2D eigenvalue weighted by atomic mass is 19.2. The Hall–Kier alpha value is -3.23. The van der Waals surface area contributed by atoms with E-state index in [4.69, 9.17) is 4.74 Å². The molecule has 0 aliphatic carbocycles. The van der Waals surface area contributed by atoms with Crippen molar-refractivity contribution in [1.29, 1.82) is 0 Å². The smallest absolute Gasteiger partial charge is 0.274 e. The second-order valence-corrected chi connectivity index (χ2v) is 5.88. The maximum absolute atomic E-state index is 14.1. The predicted molar refractivity (Wildman–Crippen MR) is 89.3 cm³/mol. The monoisotopic (exact) mass is 397 g/mol. The molecule has 0 aromatic heterocycles. The average Bonchev–Trinajstić information content (AvgIpc) is 2.66. The topological polar surface area (TPSA) is 46.6 Å². The van der Waals surface area contributed by atoms with Gasteiger partial charge in [0.1, 0.15) is 5.56 Å². The Labute approximate surface area is 155 Å². The van der Waals surface area contributed by atoms with Gasteiger partial charge in [0.25, 0.3) is 11.8 Å². The molecule has 0 bridgehead atoms. The molecule has 1 unspecified atom stereocenters. The van der Waals surface area contributed by atoms with E-state index < -0.39 is 52.6 Å². The first-order valence-electron chi connectivity index (χ1n) is 8.02. The first-order chi connectivity index (χ1) is 13.2. The molecule has 1 heterocycles. The number of amides is 2. The van der Waals surface area contributed by atoms with Crippen LogP contribution < -0.4 is 9.64 Å². The zero-order valence-electron chi connectivity index (χ0n) is 14.5. The SMILES string of the molecule is CC=Cc1cccc2c1OC(C)C(=O)N2C(=O)c1c(F)c(F)c(F)c(F)c1F. The number of carbonyl (C=O) groups excluding carboxylic acids is 2. The fraction of sp³-hybridized carbons (Fsp3) is 0.158. The molecular weight excluding hydrogens is 385 g/mol. The minimum Gasteiger partial charge on any atom is -0.478 e. The van der Waals surface area contributed by atoms with Crippen LogP contribution in [0.5, 0.6) is 5.75 Å². The zero-order chi connectivity index (χ0) is 20.7. The zero-order valence-corrected chi connectivity index (χ0v) is 14.5. The van der Waals surface area contributed by atoms with Gasteiger partial charge in [-0.15, -0.1) is 0 Å². The van der Waals surface area contributed by atoms with Crippen LogP contribution in [0, 0.1) is 29.1 Å². The van der Waals surface area contributed by atoms with Crippen LogP contribution >= 0.6 is 0 Å². The van der Waals surface area contributed by atoms with E-state index in [1.54, 1.807) is 25.1 Å². The molecule has 4 nitrogen and oxygen atoms in total. The molecule has 146 valence electrons. The number of nitrogens with zero attached hydrogens (tertiary/aromatic N) is 1. The number of para-hydroxylation sites is 1. The number of benzene rings is 2. The first-order valence-corrected chi connectivity index (χ1v) is 8.02. The molecule has 0 fully saturated rings. The quantitative estimate of drug-likeness (QED) is 0.327. The highest BCUT2D eigenvalue weighted by Gasteiger charge is 2.41. The van der Waals surface area contributed by atoms with Gasteiger partial charge in [0, 0.05) is 5.56 Å². The van der Waals surface area contributed by atoms with Crippen molar-refractivity contribution in [1.82, 2.24) is 0 Å². The lowest BCUT2D eigenvalue weighted by Gasteiger charge is -2.32. The van der Waals surface area contributed by atoms with Crippen LogP contribution in [0.25, 0.3) is 6.08 Å². The third-order valence-corrected chi connectivity index (χ3v) is 4.10. The van der Waals surface area contributed by atoms with E-state index in [-0.39, 0.29) is 11.4 Å². The van der Waals surface area contributed by atoms with Crippen LogP contribution in [0.3, 0.4) is 0 Å². The molecule has 2 aromatic carbocycles. The predicted octanol–water partition coefficient (Wildman–Crippen LogP) is 4.37. The summed E-state index contributed by atoms with van der Waals surface area (Å²) in [5, 5.41) is 0.